The zero-order chi connectivity index (χ0) is 35.4. The second-order valence-electron chi connectivity index (χ2n) is 16.1. The summed E-state index contributed by atoms with van der Waals surface area (Å²) in [6.07, 6.45) is 0.171. The van der Waals surface area contributed by atoms with E-state index in [1.54, 1.807) is 82.4 Å². The number of ether oxygens (including phenoxy) is 1. The molecule has 11 nitrogen and oxygen atoms in total. The van der Waals surface area contributed by atoms with Crippen molar-refractivity contribution in [1.82, 2.24) is 15.1 Å². The molecule has 0 aromatic carbocycles. The lowest BCUT2D eigenvalue weighted by atomic mass is 9.67. The monoisotopic (exact) mass is 625 g/mol. The van der Waals surface area contributed by atoms with Crippen molar-refractivity contribution in [3.63, 3.8) is 0 Å². The number of aliphatic carboxylic acids is 2. The van der Waals surface area contributed by atoms with Crippen molar-refractivity contribution >= 4 is 29.8 Å². The number of nitrogens with one attached hydrogen (secondary N) is 1. The lowest BCUT2D eigenvalue weighted by molar-refractivity contribution is -0.177. The summed E-state index contributed by atoms with van der Waals surface area (Å²) in [6, 6.07) is -1.55. The molecule has 0 saturated heterocycles. The Labute approximate surface area is 264 Å². The molecule has 0 aliphatic heterocycles. The normalized spacial score (nSPS) is 16.0. The van der Waals surface area contributed by atoms with Gasteiger partial charge in [0.1, 0.15) is 17.2 Å². The number of likely N-dealkylation sites (N-methyl/N-ethyl adjacent to an activating group) is 1. The number of carbonyl (C=O) groups excluding carboxylic acids is 3. The van der Waals surface area contributed by atoms with Crippen LogP contribution in [0.25, 0.3) is 0 Å². The first-order valence-corrected chi connectivity index (χ1v) is 15.2. The van der Waals surface area contributed by atoms with Crippen LogP contribution in [0.4, 0.5) is 4.79 Å². The fourth-order valence-electron chi connectivity index (χ4n) is 5.36. The molecule has 0 fully saturated rings. The van der Waals surface area contributed by atoms with Crippen molar-refractivity contribution in [1.29, 1.82) is 0 Å². The van der Waals surface area contributed by atoms with Gasteiger partial charge >= 0.3 is 18.0 Å². The lowest BCUT2D eigenvalue weighted by Gasteiger charge is -2.54. The van der Waals surface area contributed by atoms with Gasteiger partial charge in [0.05, 0.1) is 6.04 Å². The molecule has 0 aromatic rings. The number of carboxylic acids is 2. The van der Waals surface area contributed by atoms with Gasteiger partial charge in [-0.05, 0) is 71.6 Å². The summed E-state index contributed by atoms with van der Waals surface area (Å²) in [6.45, 7) is 26.2. The Hall–Kier alpha value is -3.11. The SMILES string of the molecule is C/C(=C\[C@H](C(C)C)N(C)C(=O)[C@@H](NC(=O)OC(C)(C)C)C(C)(C)C)C(=O)N(C(C)(C)C)[C@](CCC(=O)O)(C(=O)O)C(C)(C)C. The number of amides is 3. The smallest absolute Gasteiger partial charge is 0.408 e. The second kappa shape index (κ2) is 14.3. The molecule has 0 saturated carbocycles. The molecular weight excluding hydrogens is 566 g/mol. The van der Waals surface area contributed by atoms with E-state index in [2.05, 4.69) is 5.32 Å². The minimum absolute atomic E-state index is 0.171. The summed E-state index contributed by atoms with van der Waals surface area (Å²) >= 11 is 0. The standard InChI is InChI=1S/C33H59N3O8/c1-20(2)22(35(16)26(40)24(29(4,5)6)34-28(43)44-32(13,14)15)19-21(3)25(39)36(31(10,11)12)33(27(41)42,30(7,8)9)18-17-23(37)38/h19-20,22,24H,17-18H2,1-16H3,(H,34,43)(H,37,38)(H,41,42)/b21-19+/t22-,24-,33-/m1/s1. The summed E-state index contributed by atoms with van der Waals surface area (Å²) in [5, 5.41) is 22.8. The van der Waals surface area contributed by atoms with E-state index < -0.39 is 70.0 Å². The molecule has 11 heteroatoms. The van der Waals surface area contributed by atoms with Crippen molar-refractivity contribution < 1.29 is 38.9 Å². The lowest BCUT2D eigenvalue weighted by Crippen LogP contribution is -2.69. The molecular formula is C33H59N3O8. The third-order valence-corrected chi connectivity index (χ3v) is 7.56. The molecule has 44 heavy (non-hydrogen) atoms. The van der Waals surface area contributed by atoms with Gasteiger partial charge in [-0.3, -0.25) is 14.4 Å². The highest BCUT2D eigenvalue weighted by atomic mass is 16.6. The van der Waals surface area contributed by atoms with Gasteiger partial charge in [0.15, 0.2) is 0 Å². The number of alkyl carbamates (subject to hydrolysis) is 1. The van der Waals surface area contributed by atoms with Crippen LogP contribution in [-0.4, -0.2) is 85.7 Å². The summed E-state index contributed by atoms with van der Waals surface area (Å²) in [7, 11) is 1.60. The number of nitrogens with zero attached hydrogens (tertiary/aromatic N) is 2. The summed E-state index contributed by atoms with van der Waals surface area (Å²) in [4.78, 5) is 68.3. The van der Waals surface area contributed by atoms with E-state index in [1.165, 1.54) is 9.80 Å². The third kappa shape index (κ3) is 10.5. The zero-order valence-corrected chi connectivity index (χ0v) is 30.0. The van der Waals surface area contributed by atoms with Crippen molar-refractivity contribution in [3.8, 4) is 0 Å². The first kappa shape index (κ1) is 40.9. The van der Waals surface area contributed by atoms with Crippen LogP contribution in [0.5, 0.6) is 0 Å². The predicted molar refractivity (Wildman–Crippen MR) is 171 cm³/mol. The fraction of sp³-hybridized carbons (Fsp3) is 0.788. The Balaban J connectivity index is 6.96. The second-order valence-corrected chi connectivity index (χ2v) is 16.1. The summed E-state index contributed by atoms with van der Waals surface area (Å²) in [5.74, 6) is -3.60. The predicted octanol–water partition coefficient (Wildman–Crippen LogP) is 5.72. The highest BCUT2D eigenvalue weighted by Gasteiger charge is 2.58. The summed E-state index contributed by atoms with van der Waals surface area (Å²) < 4.78 is 5.40. The molecule has 0 unspecified atom stereocenters. The van der Waals surface area contributed by atoms with E-state index in [1.807, 2.05) is 34.6 Å². The number of hydrogen-bond acceptors (Lipinski definition) is 6. The molecule has 0 radical (unpaired) electrons. The molecule has 0 bridgehead atoms. The quantitative estimate of drug-likeness (QED) is 0.247. The van der Waals surface area contributed by atoms with Gasteiger partial charge in [-0.1, -0.05) is 61.5 Å². The Morgan fingerprint density at radius 1 is 0.864 bits per heavy atom. The highest BCUT2D eigenvalue weighted by Crippen LogP contribution is 2.44. The molecule has 0 spiro atoms. The van der Waals surface area contributed by atoms with Crippen molar-refractivity contribution in [2.75, 3.05) is 7.05 Å². The summed E-state index contributed by atoms with van der Waals surface area (Å²) in [5.41, 5.74) is -5.16. The molecule has 254 valence electrons. The largest absolute Gasteiger partial charge is 0.481 e. The van der Waals surface area contributed by atoms with E-state index in [0.29, 0.717) is 0 Å². The topological polar surface area (TPSA) is 154 Å². The van der Waals surface area contributed by atoms with Crippen LogP contribution in [0, 0.1) is 16.7 Å². The van der Waals surface area contributed by atoms with Crippen LogP contribution in [0.15, 0.2) is 11.6 Å². The first-order chi connectivity index (χ1) is 19.4. The average molecular weight is 626 g/mol. The molecule has 3 atom stereocenters. The fourth-order valence-corrected chi connectivity index (χ4v) is 5.36. The molecule has 0 heterocycles. The Morgan fingerprint density at radius 3 is 1.66 bits per heavy atom. The van der Waals surface area contributed by atoms with E-state index >= 15 is 0 Å². The van der Waals surface area contributed by atoms with Crippen LogP contribution in [0.2, 0.25) is 0 Å². The number of rotatable bonds is 11. The van der Waals surface area contributed by atoms with Crippen molar-refractivity contribution in [2.45, 2.75) is 145 Å². The average Bonchev–Trinajstić information content (AvgIpc) is 2.78. The maximum atomic E-state index is 14.3. The Kier molecular flexibility index (Phi) is 13.3. The molecule has 0 aliphatic rings. The van der Waals surface area contributed by atoms with Gasteiger partial charge in [-0.15, -0.1) is 0 Å². The van der Waals surface area contributed by atoms with Crippen molar-refractivity contribution in [3.05, 3.63) is 11.6 Å². The van der Waals surface area contributed by atoms with E-state index in [0.717, 1.165) is 0 Å². The molecule has 0 aliphatic carbocycles. The van der Waals surface area contributed by atoms with Gasteiger partial charge in [-0.25, -0.2) is 9.59 Å². The number of carboxylic acid groups (broad SMARTS) is 2. The van der Waals surface area contributed by atoms with Crippen molar-refractivity contribution in [2.24, 2.45) is 16.7 Å². The molecule has 0 rings (SSSR count). The van der Waals surface area contributed by atoms with Gasteiger partial charge < -0.3 is 30.1 Å². The number of hydrogen-bond donors (Lipinski definition) is 3. The molecule has 3 amide bonds. The van der Waals surface area contributed by atoms with Crippen LogP contribution in [0.1, 0.15) is 117 Å². The van der Waals surface area contributed by atoms with Crippen LogP contribution in [0.3, 0.4) is 0 Å². The maximum absolute atomic E-state index is 14.3. The van der Waals surface area contributed by atoms with Crippen LogP contribution >= 0.6 is 0 Å². The van der Waals surface area contributed by atoms with Crippen LogP contribution < -0.4 is 5.32 Å². The minimum Gasteiger partial charge on any atom is -0.481 e. The molecule has 0 aromatic heterocycles. The number of carbonyl (C=O) groups is 5. The highest BCUT2D eigenvalue weighted by molar-refractivity contribution is 5.98. The van der Waals surface area contributed by atoms with Gasteiger partial charge in [0, 0.05) is 24.6 Å². The van der Waals surface area contributed by atoms with Gasteiger partial charge in [0.2, 0.25) is 5.91 Å². The minimum atomic E-state index is -1.86. The van der Waals surface area contributed by atoms with Gasteiger partial charge in [0.25, 0.3) is 5.91 Å². The van der Waals surface area contributed by atoms with E-state index in [9.17, 15) is 34.2 Å². The third-order valence-electron chi connectivity index (χ3n) is 7.56. The zero-order valence-electron chi connectivity index (χ0n) is 30.0. The maximum Gasteiger partial charge on any atom is 0.408 e. The Bertz CT molecular complexity index is 1100. The van der Waals surface area contributed by atoms with Crippen LogP contribution in [-0.2, 0) is 23.9 Å². The Morgan fingerprint density at radius 2 is 1.34 bits per heavy atom. The molecule has 3 N–H and O–H groups in total. The first-order valence-electron chi connectivity index (χ1n) is 15.2. The van der Waals surface area contributed by atoms with E-state index in [-0.39, 0.29) is 23.8 Å². The van der Waals surface area contributed by atoms with Gasteiger partial charge in [-0.2, -0.15) is 0 Å². The van der Waals surface area contributed by atoms with E-state index in [4.69, 9.17) is 4.74 Å².